The number of nitrogens with zero attached hydrogens (tertiary/aromatic N) is 2. The number of carbonyl (C=O) groups excluding carboxylic acids is 2. The molecule has 7 heteroatoms. The Hall–Kier alpha value is -3.06. The fraction of sp³-hybridized carbons (Fsp3) is 0.333. The standard InChI is InChI=1S/C21H23N3O4/c1-14-2-4-15(5-3-14)19(22)21(26)24-10-8-23(9-11-24)20(25)16-6-7-17-18(12-16)28-13-27-17/h2-7,12,19H,8-11,13,22H2,1H3. The van der Waals surface area contributed by atoms with E-state index in [2.05, 4.69) is 0 Å². The molecule has 2 aromatic carbocycles. The van der Waals surface area contributed by atoms with Gasteiger partial charge in [0.1, 0.15) is 6.04 Å². The second-order valence-electron chi connectivity index (χ2n) is 7.07. The molecular weight excluding hydrogens is 358 g/mol. The number of hydrogen-bond donors (Lipinski definition) is 1. The lowest BCUT2D eigenvalue weighted by Crippen LogP contribution is -2.52. The van der Waals surface area contributed by atoms with Gasteiger partial charge < -0.3 is 25.0 Å². The predicted molar refractivity (Wildman–Crippen MR) is 103 cm³/mol. The molecule has 1 atom stereocenters. The summed E-state index contributed by atoms with van der Waals surface area (Å²) < 4.78 is 10.6. The highest BCUT2D eigenvalue weighted by Crippen LogP contribution is 2.32. The van der Waals surface area contributed by atoms with Crippen LogP contribution in [-0.4, -0.2) is 54.6 Å². The third kappa shape index (κ3) is 3.53. The van der Waals surface area contributed by atoms with E-state index in [0.29, 0.717) is 43.2 Å². The summed E-state index contributed by atoms with van der Waals surface area (Å²) in [6, 6.07) is 12.2. The minimum atomic E-state index is -0.684. The first-order valence-corrected chi connectivity index (χ1v) is 9.33. The van der Waals surface area contributed by atoms with Crippen LogP contribution in [0.25, 0.3) is 0 Å². The molecule has 2 aliphatic rings. The van der Waals surface area contributed by atoms with Crippen molar-refractivity contribution in [1.82, 2.24) is 9.80 Å². The Morgan fingerprint density at radius 1 is 0.929 bits per heavy atom. The van der Waals surface area contributed by atoms with Crippen molar-refractivity contribution in [1.29, 1.82) is 0 Å². The number of hydrogen-bond acceptors (Lipinski definition) is 5. The lowest BCUT2D eigenvalue weighted by molar-refractivity contribution is -0.134. The molecule has 4 rings (SSSR count). The Labute approximate surface area is 163 Å². The van der Waals surface area contributed by atoms with Crippen molar-refractivity contribution >= 4 is 11.8 Å². The molecule has 0 spiro atoms. The van der Waals surface area contributed by atoms with E-state index in [1.165, 1.54) is 0 Å². The van der Waals surface area contributed by atoms with Crippen LogP contribution in [0.4, 0.5) is 0 Å². The Balaban J connectivity index is 1.37. The maximum Gasteiger partial charge on any atom is 0.254 e. The first-order chi connectivity index (χ1) is 13.5. The fourth-order valence-corrected chi connectivity index (χ4v) is 3.46. The van der Waals surface area contributed by atoms with Gasteiger partial charge in [-0.2, -0.15) is 0 Å². The van der Waals surface area contributed by atoms with Crippen LogP contribution < -0.4 is 15.2 Å². The van der Waals surface area contributed by atoms with Crippen LogP contribution >= 0.6 is 0 Å². The summed E-state index contributed by atoms with van der Waals surface area (Å²) in [4.78, 5) is 29.0. The molecule has 0 bridgehead atoms. The van der Waals surface area contributed by atoms with Gasteiger partial charge in [-0.25, -0.2) is 0 Å². The molecule has 2 amide bonds. The van der Waals surface area contributed by atoms with Crippen molar-refractivity contribution in [2.75, 3.05) is 33.0 Å². The number of ether oxygens (including phenoxy) is 2. The van der Waals surface area contributed by atoms with Gasteiger partial charge in [0.25, 0.3) is 5.91 Å². The number of aryl methyl sites for hydroxylation is 1. The van der Waals surface area contributed by atoms with E-state index in [1.807, 2.05) is 31.2 Å². The third-order valence-corrected chi connectivity index (χ3v) is 5.20. The number of piperazine rings is 1. The van der Waals surface area contributed by atoms with Gasteiger partial charge in [0.15, 0.2) is 11.5 Å². The van der Waals surface area contributed by atoms with Crippen LogP contribution in [0, 0.1) is 6.92 Å². The molecule has 2 aromatic rings. The van der Waals surface area contributed by atoms with E-state index in [-0.39, 0.29) is 18.6 Å². The van der Waals surface area contributed by atoms with E-state index in [1.54, 1.807) is 28.0 Å². The Bertz CT molecular complexity index is 889. The van der Waals surface area contributed by atoms with Crippen LogP contribution in [0.2, 0.25) is 0 Å². The van der Waals surface area contributed by atoms with Gasteiger partial charge in [-0.15, -0.1) is 0 Å². The van der Waals surface area contributed by atoms with Crippen LogP contribution in [0.5, 0.6) is 11.5 Å². The zero-order valence-corrected chi connectivity index (χ0v) is 15.8. The zero-order chi connectivity index (χ0) is 19.7. The maximum absolute atomic E-state index is 12.8. The highest BCUT2D eigenvalue weighted by Gasteiger charge is 2.29. The molecule has 2 aliphatic heterocycles. The quantitative estimate of drug-likeness (QED) is 0.875. The Kier molecular flexibility index (Phi) is 4.92. The molecule has 2 N–H and O–H groups in total. The van der Waals surface area contributed by atoms with Gasteiger partial charge >= 0.3 is 0 Å². The summed E-state index contributed by atoms with van der Waals surface area (Å²) in [5, 5.41) is 0. The van der Waals surface area contributed by atoms with E-state index in [0.717, 1.165) is 11.1 Å². The second kappa shape index (κ2) is 7.52. The number of nitrogens with two attached hydrogens (primary N) is 1. The molecule has 1 saturated heterocycles. The summed E-state index contributed by atoms with van der Waals surface area (Å²) in [6.07, 6.45) is 0. The SMILES string of the molecule is Cc1ccc(C(N)C(=O)N2CCN(C(=O)c3ccc4c(c3)OCO4)CC2)cc1. The largest absolute Gasteiger partial charge is 0.454 e. The van der Waals surface area contributed by atoms with Crippen LogP contribution in [0.1, 0.15) is 27.5 Å². The first kappa shape index (κ1) is 18.3. The molecule has 1 unspecified atom stereocenters. The minimum Gasteiger partial charge on any atom is -0.454 e. The average molecular weight is 381 g/mol. The molecule has 0 saturated carbocycles. The summed E-state index contributed by atoms with van der Waals surface area (Å²) in [7, 11) is 0. The Morgan fingerprint density at radius 3 is 2.29 bits per heavy atom. The second-order valence-corrected chi connectivity index (χ2v) is 7.07. The third-order valence-electron chi connectivity index (χ3n) is 5.20. The highest BCUT2D eigenvalue weighted by atomic mass is 16.7. The summed E-state index contributed by atoms with van der Waals surface area (Å²) >= 11 is 0. The van der Waals surface area contributed by atoms with E-state index in [9.17, 15) is 9.59 Å². The van der Waals surface area contributed by atoms with Crippen molar-refractivity contribution in [2.24, 2.45) is 5.73 Å². The van der Waals surface area contributed by atoms with Gasteiger partial charge in [0, 0.05) is 31.7 Å². The number of carbonyl (C=O) groups is 2. The molecule has 0 radical (unpaired) electrons. The molecule has 0 aliphatic carbocycles. The van der Waals surface area contributed by atoms with Crippen LogP contribution in [0.3, 0.4) is 0 Å². The molecular formula is C21H23N3O4. The Morgan fingerprint density at radius 2 is 1.57 bits per heavy atom. The van der Waals surface area contributed by atoms with Crippen molar-refractivity contribution in [2.45, 2.75) is 13.0 Å². The summed E-state index contributed by atoms with van der Waals surface area (Å²) in [5.74, 6) is 1.05. The van der Waals surface area contributed by atoms with Gasteiger partial charge in [-0.3, -0.25) is 9.59 Å². The molecule has 0 aromatic heterocycles. The number of amides is 2. The van der Waals surface area contributed by atoms with Crippen molar-refractivity contribution in [3.05, 3.63) is 59.2 Å². The van der Waals surface area contributed by atoms with Crippen molar-refractivity contribution < 1.29 is 19.1 Å². The number of fused-ring (bicyclic) bond motifs is 1. The van der Waals surface area contributed by atoms with Crippen molar-refractivity contribution in [3.63, 3.8) is 0 Å². The van der Waals surface area contributed by atoms with Crippen molar-refractivity contribution in [3.8, 4) is 11.5 Å². The first-order valence-electron chi connectivity index (χ1n) is 9.33. The van der Waals surface area contributed by atoms with E-state index < -0.39 is 6.04 Å². The van der Waals surface area contributed by atoms with E-state index in [4.69, 9.17) is 15.2 Å². The zero-order valence-electron chi connectivity index (χ0n) is 15.8. The molecule has 1 fully saturated rings. The van der Waals surface area contributed by atoms with Crippen LogP contribution in [0.15, 0.2) is 42.5 Å². The molecule has 7 nitrogen and oxygen atoms in total. The lowest BCUT2D eigenvalue weighted by Gasteiger charge is -2.36. The topological polar surface area (TPSA) is 85.1 Å². The predicted octanol–water partition coefficient (Wildman–Crippen LogP) is 1.71. The normalized spacial score (nSPS) is 16.8. The minimum absolute atomic E-state index is 0.0757. The summed E-state index contributed by atoms with van der Waals surface area (Å²) in [5.41, 5.74) is 8.64. The van der Waals surface area contributed by atoms with Gasteiger partial charge in [-0.1, -0.05) is 29.8 Å². The fourth-order valence-electron chi connectivity index (χ4n) is 3.46. The van der Waals surface area contributed by atoms with Crippen LogP contribution in [-0.2, 0) is 4.79 Å². The van der Waals surface area contributed by atoms with Gasteiger partial charge in [0.05, 0.1) is 0 Å². The molecule has 28 heavy (non-hydrogen) atoms. The monoisotopic (exact) mass is 381 g/mol. The summed E-state index contributed by atoms with van der Waals surface area (Å²) in [6.45, 7) is 4.05. The number of rotatable bonds is 3. The molecule has 2 heterocycles. The average Bonchev–Trinajstić information content (AvgIpc) is 3.21. The lowest BCUT2D eigenvalue weighted by atomic mass is 10.0. The van der Waals surface area contributed by atoms with Gasteiger partial charge in [-0.05, 0) is 30.7 Å². The molecule has 146 valence electrons. The van der Waals surface area contributed by atoms with E-state index >= 15 is 0 Å². The number of benzene rings is 2. The highest BCUT2D eigenvalue weighted by molar-refractivity contribution is 5.95. The maximum atomic E-state index is 12.8. The smallest absolute Gasteiger partial charge is 0.254 e. The van der Waals surface area contributed by atoms with Gasteiger partial charge in [0.2, 0.25) is 12.7 Å².